The maximum atomic E-state index is 9.93. The standard InChI is InChI=1S/C6H13NO2/c1-6(2,4-9-3)7-5-8/h5H,4H2,1-3H3,(H,7,8). The summed E-state index contributed by atoms with van der Waals surface area (Å²) in [6, 6.07) is 0. The number of methoxy groups -OCH3 is 1. The normalized spacial score (nSPS) is 11.0. The molecule has 0 aliphatic carbocycles. The van der Waals surface area contributed by atoms with Crippen molar-refractivity contribution in [2.75, 3.05) is 13.7 Å². The van der Waals surface area contributed by atoms with Crippen molar-refractivity contribution >= 4 is 6.41 Å². The van der Waals surface area contributed by atoms with Crippen LogP contribution in [-0.4, -0.2) is 25.7 Å². The van der Waals surface area contributed by atoms with Gasteiger partial charge in [-0.15, -0.1) is 0 Å². The van der Waals surface area contributed by atoms with Gasteiger partial charge in [-0.2, -0.15) is 0 Å². The first-order valence-electron chi connectivity index (χ1n) is 2.82. The van der Waals surface area contributed by atoms with Crippen molar-refractivity contribution in [2.24, 2.45) is 0 Å². The summed E-state index contributed by atoms with van der Waals surface area (Å²) in [5.74, 6) is 0. The number of hydrogen-bond acceptors (Lipinski definition) is 2. The smallest absolute Gasteiger partial charge is 0.207 e. The average Bonchev–Trinajstić information content (AvgIpc) is 1.64. The lowest BCUT2D eigenvalue weighted by molar-refractivity contribution is -0.111. The summed E-state index contributed by atoms with van der Waals surface area (Å²) in [6.45, 7) is 4.32. The Hall–Kier alpha value is -0.570. The zero-order valence-electron chi connectivity index (χ0n) is 6.10. The molecule has 0 spiro atoms. The molecular weight excluding hydrogens is 118 g/mol. The number of rotatable bonds is 4. The minimum Gasteiger partial charge on any atom is -0.382 e. The van der Waals surface area contributed by atoms with Crippen LogP contribution >= 0.6 is 0 Å². The van der Waals surface area contributed by atoms with Gasteiger partial charge in [0.25, 0.3) is 0 Å². The second-order valence-electron chi connectivity index (χ2n) is 2.58. The van der Waals surface area contributed by atoms with Gasteiger partial charge < -0.3 is 10.1 Å². The van der Waals surface area contributed by atoms with Crippen molar-refractivity contribution in [1.29, 1.82) is 0 Å². The quantitative estimate of drug-likeness (QED) is 0.552. The Morgan fingerprint density at radius 2 is 2.22 bits per heavy atom. The summed E-state index contributed by atoms with van der Waals surface area (Å²) in [5.41, 5.74) is -0.240. The van der Waals surface area contributed by atoms with Crippen LogP contribution in [0.4, 0.5) is 0 Å². The molecular formula is C6H13NO2. The highest BCUT2D eigenvalue weighted by Crippen LogP contribution is 1.98. The average molecular weight is 131 g/mol. The fourth-order valence-corrected chi connectivity index (χ4v) is 0.562. The van der Waals surface area contributed by atoms with E-state index in [0.717, 1.165) is 0 Å². The molecule has 0 aliphatic rings. The summed E-state index contributed by atoms with van der Waals surface area (Å²) >= 11 is 0. The Morgan fingerprint density at radius 3 is 2.56 bits per heavy atom. The molecule has 0 aromatic heterocycles. The van der Waals surface area contributed by atoms with Crippen molar-refractivity contribution in [1.82, 2.24) is 5.32 Å². The predicted molar refractivity (Wildman–Crippen MR) is 35.2 cm³/mol. The van der Waals surface area contributed by atoms with Gasteiger partial charge in [-0.3, -0.25) is 4.79 Å². The third kappa shape index (κ3) is 3.97. The first kappa shape index (κ1) is 8.43. The molecule has 0 atom stereocenters. The maximum Gasteiger partial charge on any atom is 0.207 e. The lowest BCUT2D eigenvalue weighted by atomic mass is 10.1. The molecule has 3 heteroatoms. The molecule has 0 aliphatic heterocycles. The molecule has 0 radical (unpaired) electrons. The van der Waals surface area contributed by atoms with Gasteiger partial charge in [0.15, 0.2) is 0 Å². The van der Waals surface area contributed by atoms with Crippen LogP contribution in [0.5, 0.6) is 0 Å². The van der Waals surface area contributed by atoms with Crippen LogP contribution in [0.25, 0.3) is 0 Å². The van der Waals surface area contributed by atoms with E-state index in [2.05, 4.69) is 5.32 Å². The van der Waals surface area contributed by atoms with Crippen molar-refractivity contribution in [2.45, 2.75) is 19.4 Å². The first-order chi connectivity index (χ1) is 4.12. The zero-order chi connectivity index (χ0) is 7.33. The van der Waals surface area contributed by atoms with Gasteiger partial charge in [0.1, 0.15) is 0 Å². The number of nitrogens with one attached hydrogen (secondary N) is 1. The van der Waals surface area contributed by atoms with E-state index in [1.54, 1.807) is 7.11 Å². The monoisotopic (exact) mass is 131 g/mol. The topological polar surface area (TPSA) is 38.3 Å². The van der Waals surface area contributed by atoms with Gasteiger partial charge in [0.05, 0.1) is 12.1 Å². The first-order valence-corrected chi connectivity index (χ1v) is 2.82. The zero-order valence-corrected chi connectivity index (χ0v) is 6.10. The van der Waals surface area contributed by atoms with Crippen LogP contribution < -0.4 is 5.32 Å². The highest BCUT2D eigenvalue weighted by molar-refractivity contribution is 5.47. The lowest BCUT2D eigenvalue weighted by Gasteiger charge is -2.21. The number of hydrogen-bond donors (Lipinski definition) is 1. The Bertz CT molecular complexity index is 91.1. The summed E-state index contributed by atoms with van der Waals surface area (Å²) in [5, 5.41) is 2.62. The highest BCUT2D eigenvalue weighted by Gasteiger charge is 2.14. The molecule has 0 rings (SSSR count). The van der Waals surface area contributed by atoms with Crippen molar-refractivity contribution in [3.8, 4) is 0 Å². The van der Waals surface area contributed by atoms with E-state index < -0.39 is 0 Å². The Morgan fingerprint density at radius 1 is 1.67 bits per heavy atom. The van der Waals surface area contributed by atoms with E-state index in [9.17, 15) is 4.79 Å². The molecule has 0 heterocycles. The van der Waals surface area contributed by atoms with E-state index in [1.807, 2.05) is 13.8 Å². The molecule has 54 valence electrons. The largest absolute Gasteiger partial charge is 0.382 e. The third-order valence-electron chi connectivity index (χ3n) is 0.955. The molecule has 0 saturated carbocycles. The summed E-state index contributed by atoms with van der Waals surface area (Å²) < 4.78 is 4.84. The van der Waals surface area contributed by atoms with Gasteiger partial charge in [-0.05, 0) is 13.8 Å². The van der Waals surface area contributed by atoms with Crippen LogP contribution in [-0.2, 0) is 9.53 Å². The highest BCUT2D eigenvalue weighted by atomic mass is 16.5. The maximum absolute atomic E-state index is 9.93. The van der Waals surface area contributed by atoms with Gasteiger partial charge in [-0.25, -0.2) is 0 Å². The second-order valence-corrected chi connectivity index (χ2v) is 2.58. The van der Waals surface area contributed by atoms with E-state index in [4.69, 9.17) is 4.74 Å². The van der Waals surface area contributed by atoms with Gasteiger partial charge in [-0.1, -0.05) is 0 Å². The molecule has 0 aromatic rings. The molecule has 3 nitrogen and oxygen atoms in total. The molecule has 0 fully saturated rings. The molecule has 0 bridgehead atoms. The van der Waals surface area contributed by atoms with Crippen LogP contribution in [0.3, 0.4) is 0 Å². The lowest BCUT2D eigenvalue weighted by Crippen LogP contribution is -2.42. The van der Waals surface area contributed by atoms with Crippen LogP contribution in [0.2, 0.25) is 0 Å². The number of carbonyl (C=O) groups is 1. The Kier molecular flexibility index (Phi) is 3.24. The van der Waals surface area contributed by atoms with Crippen molar-refractivity contribution in [3.63, 3.8) is 0 Å². The van der Waals surface area contributed by atoms with E-state index in [0.29, 0.717) is 13.0 Å². The van der Waals surface area contributed by atoms with Crippen molar-refractivity contribution in [3.05, 3.63) is 0 Å². The molecule has 9 heavy (non-hydrogen) atoms. The van der Waals surface area contributed by atoms with E-state index in [1.165, 1.54) is 0 Å². The Labute approximate surface area is 55.4 Å². The van der Waals surface area contributed by atoms with E-state index >= 15 is 0 Å². The summed E-state index contributed by atoms with van der Waals surface area (Å²) in [6.07, 6.45) is 0.680. The van der Waals surface area contributed by atoms with Gasteiger partial charge in [0.2, 0.25) is 6.41 Å². The third-order valence-corrected chi connectivity index (χ3v) is 0.955. The van der Waals surface area contributed by atoms with Gasteiger partial charge in [0, 0.05) is 7.11 Å². The summed E-state index contributed by atoms with van der Waals surface area (Å²) in [4.78, 5) is 9.93. The minimum absolute atomic E-state index is 0.240. The van der Waals surface area contributed by atoms with Crippen LogP contribution in [0.1, 0.15) is 13.8 Å². The SMILES string of the molecule is COCC(C)(C)NC=O. The van der Waals surface area contributed by atoms with Crippen molar-refractivity contribution < 1.29 is 9.53 Å². The van der Waals surface area contributed by atoms with Crippen LogP contribution in [0, 0.1) is 0 Å². The predicted octanol–water partition coefficient (Wildman–Crippen LogP) is 0.157. The minimum atomic E-state index is -0.240. The summed E-state index contributed by atoms with van der Waals surface area (Å²) in [7, 11) is 1.61. The molecule has 0 aromatic carbocycles. The molecule has 0 saturated heterocycles. The fourth-order valence-electron chi connectivity index (χ4n) is 0.562. The molecule has 1 amide bonds. The fraction of sp³-hybridized carbons (Fsp3) is 0.833. The van der Waals surface area contributed by atoms with Crippen LogP contribution in [0.15, 0.2) is 0 Å². The van der Waals surface area contributed by atoms with Gasteiger partial charge >= 0.3 is 0 Å². The van der Waals surface area contributed by atoms with E-state index in [-0.39, 0.29) is 5.54 Å². The molecule has 1 N–H and O–H groups in total. The Balaban J connectivity index is 3.55. The number of carbonyl (C=O) groups excluding carboxylic acids is 1. The molecule has 0 unspecified atom stereocenters. The number of ether oxygens (including phenoxy) is 1. The number of amides is 1. The second kappa shape index (κ2) is 3.45.